The Kier molecular flexibility index (Phi) is 4.07. The highest BCUT2D eigenvalue weighted by Crippen LogP contribution is 2.29. The van der Waals surface area contributed by atoms with Gasteiger partial charge in [-0.1, -0.05) is 36.8 Å². The van der Waals surface area contributed by atoms with Crippen LogP contribution in [0.25, 0.3) is 0 Å². The maximum Gasteiger partial charge on any atom is 0.151 e. The van der Waals surface area contributed by atoms with E-state index >= 15 is 0 Å². The summed E-state index contributed by atoms with van der Waals surface area (Å²) in [6.45, 7) is 0.817. The van der Waals surface area contributed by atoms with E-state index in [4.69, 9.17) is 0 Å². The summed E-state index contributed by atoms with van der Waals surface area (Å²) >= 11 is 0. The first-order valence-electron chi connectivity index (χ1n) is 6.41. The van der Waals surface area contributed by atoms with Gasteiger partial charge in [0.1, 0.15) is 0 Å². The molecule has 1 aliphatic rings. The fourth-order valence-corrected chi connectivity index (χ4v) is 4.41. The van der Waals surface area contributed by atoms with Gasteiger partial charge in [0.25, 0.3) is 0 Å². The monoisotopic (exact) mass is 267 g/mol. The van der Waals surface area contributed by atoms with E-state index in [1.54, 1.807) is 0 Å². The second-order valence-electron chi connectivity index (χ2n) is 5.27. The summed E-state index contributed by atoms with van der Waals surface area (Å²) in [4.78, 5) is 2.19. The highest BCUT2D eigenvalue weighted by Gasteiger charge is 2.36. The van der Waals surface area contributed by atoms with Gasteiger partial charge in [-0.25, -0.2) is 8.42 Å². The van der Waals surface area contributed by atoms with Gasteiger partial charge < -0.3 is 0 Å². The lowest BCUT2D eigenvalue weighted by molar-refractivity contribution is 0.238. The van der Waals surface area contributed by atoms with Crippen LogP contribution in [0.2, 0.25) is 0 Å². The second kappa shape index (κ2) is 5.41. The van der Waals surface area contributed by atoms with Gasteiger partial charge in [0.05, 0.1) is 5.25 Å². The highest BCUT2D eigenvalue weighted by atomic mass is 32.2. The van der Waals surface area contributed by atoms with Crippen molar-refractivity contribution in [2.45, 2.75) is 37.1 Å². The van der Waals surface area contributed by atoms with Crippen molar-refractivity contribution < 1.29 is 8.42 Å². The van der Waals surface area contributed by atoms with Crippen molar-refractivity contribution in [3.05, 3.63) is 35.9 Å². The topological polar surface area (TPSA) is 37.4 Å². The minimum atomic E-state index is -2.93. The van der Waals surface area contributed by atoms with Crippen LogP contribution in [0.1, 0.15) is 24.8 Å². The molecular formula is C14H21NO2S. The van der Waals surface area contributed by atoms with Crippen LogP contribution in [0, 0.1) is 0 Å². The maximum absolute atomic E-state index is 11.8. The normalized spacial score (nSPS) is 24.6. The number of nitrogens with zero attached hydrogens (tertiary/aromatic N) is 1. The average Bonchev–Trinajstić information content (AvgIpc) is 2.79. The first-order chi connectivity index (χ1) is 8.48. The van der Waals surface area contributed by atoms with Gasteiger partial charge in [0.2, 0.25) is 0 Å². The zero-order valence-corrected chi connectivity index (χ0v) is 11.9. The molecule has 100 valence electrons. The van der Waals surface area contributed by atoms with Gasteiger partial charge in [-0.05, 0) is 25.5 Å². The lowest BCUT2D eigenvalue weighted by Gasteiger charge is -2.28. The molecule has 2 rings (SSSR count). The fourth-order valence-electron chi connectivity index (χ4n) is 2.90. The Labute approximate surface area is 110 Å². The summed E-state index contributed by atoms with van der Waals surface area (Å²) < 4.78 is 23.5. The molecular weight excluding hydrogens is 246 g/mol. The van der Waals surface area contributed by atoms with Crippen molar-refractivity contribution >= 4 is 9.84 Å². The summed E-state index contributed by atoms with van der Waals surface area (Å²) in [6.07, 6.45) is 4.18. The van der Waals surface area contributed by atoms with Crippen molar-refractivity contribution in [2.24, 2.45) is 0 Å². The predicted octanol–water partition coefficient (Wildman–Crippen LogP) is 2.08. The molecule has 1 aromatic rings. The molecule has 0 bridgehead atoms. The van der Waals surface area contributed by atoms with E-state index < -0.39 is 9.84 Å². The van der Waals surface area contributed by atoms with E-state index in [9.17, 15) is 8.42 Å². The molecule has 0 aliphatic heterocycles. The third kappa shape index (κ3) is 3.12. The van der Waals surface area contributed by atoms with Crippen molar-refractivity contribution in [2.75, 3.05) is 13.3 Å². The van der Waals surface area contributed by atoms with Gasteiger partial charge in [-0.2, -0.15) is 0 Å². The van der Waals surface area contributed by atoms with Crippen LogP contribution in [0.3, 0.4) is 0 Å². The largest absolute Gasteiger partial charge is 0.298 e. The minimum absolute atomic E-state index is 0.167. The molecule has 0 aromatic heterocycles. The van der Waals surface area contributed by atoms with Gasteiger partial charge in [-0.15, -0.1) is 0 Å². The summed E-state index contributed by atoms with van der Waals surface area (Å²) in [5.41, 5.74) is 1.24. The lowest BCUT2D eigenvalue weighted by atomic mass is 10.1. The van der Waals surface area contributed by atoms with Gasteiger partial charge in [0, 0.05) is 18.8 Å². The minimum Gasteiger partial charge on any atom is -0.298 e. The molecule has 1 fully saturated rings. The molecule has 0 heterocycles. The molecule has 1 saturated carbocycles. The van der Waals surface area contributed by atoms with Crippen molar-refractivity contribution in [1.29, 1.82) is 0 Å². The number of sulfone groups is 1. The molecule has 0 saturated heterocycles. The third-order valence-corrected chi connectivity index (χ3v) is 5.46. The zero-order chi connectivity index (χ0) is 13.2. The standard InChI is InChI=1S/C14H21NO2S/c1-15(11-12-7-4-3-5-8-12)13-9-6-10-14(13)18(2,16)17/h3-5,7-8,13-14H,6,9-11H2,1-2H3/t13-,14-/m0/s1. The van der Waals surface area contributed by atoms with E-state index in [0.29, 0.717) is 0 Å². The summed E-state index contributed by atoms with van der Waals surface area (Å²) in [7, 11) is -0.902. The van der Waals surface area contributed by atoms with Crippen molar-refractivity contribution in [3.63, 3.8) is 0 Å². The van der Waals surface area contributed by atoms with E-state index in [1.807, 2.05) is 25.2 Å². The van der Waals surface area contributed by atoms with E-state index in [2.05, 4.69) is 17.0 Å². The molecule has 4 heteroatoms. The Morgan fingerprint density at radius 3 is 2.50 bits per heavy atom. The Bertz CT molecular complexity index is 484. The Hall–Kier alpha value is -0.870. The molecule has 2 atom stereocenters. The molecule has 0 radical (unpaired) electrons. The van der Waals surface area contributed by atoms with Crippen LogP contribution in [0.4, 0.5) is 0 Å². The lowest BCUT2D eigenvalue weighted by Crippen LogP contribution is -2.40. The SMILES string of the molecule is CN(Cc1ccccc1)[C@H]1CCC[C@@H]1S(C)(=O)=O. The number of hydrogen-bond donors (Lipinski definition) is 0. The quantitative estimate of drug-likeness (QED) is 0.838. The summed E-state index contributed by atoms with van der Waals surface area (Å²) in [6, 6.07) is 10.4. The molecule has 1 aromatic carbocycles. The molecule has 1 aliphatic carbocycles. The van der Waals surface area contributed by atoms with Gasteiger partial charge in [0.15, 0.2) is 9.84 Å². The zero-order valence-electron chi connectivity index (χ0n) is 11.0. The van der Waals surface area contributed by atoms with Crippen LogP contribution in [0.5, 0.6) is 0 Å². The molecule has 3 nitrogen and oxygen atoms in total. The fraction of sp³-hybridized carbons (Fsp3) is 0.571. The van der Waals surface area contributed by atoms with Gasteiger partial charge in [-0.3, -0.25) is 4.90 Å². The maximum atomic E-state index is 11.8. The molecule has 0 unspecified atom stereocenters. The first-order valence-corrected chi connectivity index (χ1v) is 8.37. The van der Waals surface area contributed by atoms with Crippen LogP contribution in [-0.2, 0) is 16.4 Å². The van der Waals surface area contributed by atoms with Crippen LogP contribution in [-0.4, -0.2) is 37.9 Å². The number of rotatable bonds is 4. The Morgan fingerprint density at radius 1 is 1.22 bits per heavy atom. The van der Waals surface area contributed by atoms with Crippen LogP contribution in [0.15, 0.2) is 30.3 Å². The van der Waals surface area contributed by atoms with E-state index in [-0.39, 0.29) is 11.3 Å². The molecule has 0 amide bonds. The highest BCUT2D eigenvalue weighted by molar-refractivity contribution is 7.91. The summed E-state index contributed by atoms with van der Waals surface area (Å²) in [5, 5.41) is -0.189. The smallest absolute Gasteiger partial charge is 0.151 e. The second-order valence-corrected chi connectivity index (χ2v) is 7.53. The van der Waals surface area contributed by atoms with E-state index in [1.165, 1.54) is 11.8 Å². The third-order valence-electron chi connectivity index (χ3n) is 3.81. The summed E-state index contributed by atoms with van der Waals surface area (Å²) in [5.74, 6) is 0. The Morgan fingerprint density at radius 2 is 1.89 bits per heavy atom. The van der Waals surface area contributed by atoms with Crippen LogP contribution < -0.4 is 0 Å². The first kappa shape index (κ1) is 13.6. The predicted molar refractivity (Wildman–Crippen MR) is 74.2 cm³/mol. The average molecular weight is 267 g/mol. The van der Waals surface area contributed by atoms with Crippen molar-refractivity contribution in [1.82, 2.24) is 4.90 Å². The van der Waals surface area contributed by atoms with Crippen LogP contribution >= 0.6 is 0 Å². The van der Waals surface area contributed by atoms with Crippen molar-refractivity contribution in [3.8, 4) is 0 Å². The number of hydrogen-bond acceptors (Lipinski definition) is 3. The van der Waals surface area contributed by atoms with E-state index in [0.717, 1.165) is 25.8 Å². The Balaban J connectivity index is 2.07. The molecule has 0 N–H and O–H groups in total. The van der Waals surface area contributed by atoms with Gasteiger partial charge >= 0.3 is 0 Å². The number of benzene rings is 1. The molecule has 0 spiro atoms. The molecule has 18 heavy (non-hydrogen) atoms.